The van der Waals surface area contributed by atoms with Crippen molar-refractivity contribution in [3.8, 4) is 0 Å². The van der Waals surface area contributed by atoms with E-state index in [2.05, 4.69) is 15.3 Å². The molecule has 0 aliphatic rings. The van der Waals surface area contributed by atoms with Crippen molar-refractivity contribution in [2.24, 2.45) is 0 Å². The molecule has 3 nitrogen and oxygen atoms in total. The maximum atomic E-state index is 12.2. The summed E-state index contributed by atoms with van der Waals surface area (Å²) in [5.74, 6) is 0.390. The fourth-order valence-electron chi connectivity index (χ4n) is 0.908. The van der Waals surface area contributed by atoms with E-state index in [4.69, 9.17) is 0 Å². The van der Waals surface area contributed by atoms with E-state index < -0.39 is 12.5 Å². The summed E-state index contributed by atoms with van der Waals surface area (Å²) in [6.45, 7) is 5.02. The number of alkyl halides is 2. The Morgan fingerprint density at radius 1 is 1.29 bits per heavy atom. The van der Waals surface area contributed by atoms with Crippen LogP contribution in [0, 0.1) is 13.8 Å². The summed E-state index contributed by atoms with van der Waals surface area (Å²) < 4.78 is 24.4. The molecule has 0 aromatic carbocycles. The smallest absolute Gasteiger partial charge is 0.258 e. The lowest BCUT2D eigenvalue weighted by molar-refractivity contribution is 0.130. The second-order valence-corrected chi connectivity index (χ2v) is 3.19. The van der Waals surface area contributed by atoms with Crippen molar-refractivity contribution in [2.45, 2.75) is 33.2 Å². The molecule has 5 heteroatoms. The van der Waals surface area contributed by atoms with Gasteiger partial charge in [-0.3, -0.25) is 4.98 Å². The lowest BCUT2D eigenvalue weighted by atomic mass is 10.3. The first-order valence-electron chi connectivity index (χ1n) is 4.35. The fraction of sp³-hybridized carbons (Fsp3) is 0.556. The minimum atomic E-state index is -2.40. The average Bonchev–Trinajstić information content (AvgIpc) is 2.11. The first-order valence-corrected chi connectivity index (χ1v) is 4.35. The summed E-state index contributed by atoms with van der Waals surface area (Å²) >= 11 is 0. The van der Waals surface area contributed by atoms with Gasteiger partial charge < -0.3 is 5.32 Å². The van der Waals surface area contributed by atoms with Crippen molar-refractivity contribution >= 4 is 5.82 Å². The fourth-order valence-corrected chi connectivity index (χ4v) is 0.908. The van der Waals surface area contributed by atoms with Crippen LogP contribution in [-0.2, 0) is 0 Å². The number of rotatable bonds is 3. The van der Waals surface area contributed by atoms with Gasteiger partial charge in [-0.1, -0.05) is 0 Å². The van der Waals surface area contributed by atoms with E-state index in [1.807, 2.05) is 6.92 Å². The lowest BCUT2D eigenvalue weighted by Gasteiger charge is -2.13. The normalized spacial score (nSPS) is 13.0. The Balaban J connectivity index is 2.73. The Hall–Kier alpha value is -1.26. The minimum absolute atomic E-state index is 0.390. The molecule has 14 heavy (non-hydrogen) atoms. The van der Waals surface area contributed by atoms with E-state index in [1.54, 1.807) is 6.92 Å². The molecule has 0 aliphatic heterocycles. The zero-order valence-electron chi connectivity index (χ0n) is 8.38. The zero-order valence-corrected chi connectivity index (χ0v) is 8.38. The van der Waals surface area contributed by atoms with Crippen molar-refractivity contribution in [3.63, 3.8) is 0 Å². The van der Waals surface area contributed by atoms with Gasteiger partial charge in [0.2, 0.25) is 0 Å². The second-order valence-electron chi connectivity index (χ2n) is 3.19. The van der Waals surface area contributed by atoms with E-state index in [1.165, 1.54) is 13.1 Å². The van der Waals surface area contributed by atoms with Crippen LogP contribution in [-0.4, -0.2) is 22.4 Å². The van der Waals surface area contributed by atoms with E-state index in [0.29, 0.717) is 5.82 Å². The molecule has 78 valence electrons. The van der Waals surface area contributed by atoms with Crippen molar-refractivity contribution in [1.82, 2.24) is 9.97 Å². The Morgan fingerprint density at radius 3 is 2.43 bits per heavy atom. The van der Waals surface area contributed by atoms with Crippen LogP contribution in [0.15, 0.2) is 6.20 Å². The largest absolute Gasteiger partial charge is 0.361 e. The third kappa shape index (κ3) is 2.61. The molecule has 0 aliphatic carbocycles. The maximum Gasteiger partial charge on any atom is 0.258 e. The summed E-state index contributed by atoms with van der Waals surface area (Å²) in [6.07, 6.45) is -0.945. The summed E-state index contributed by atoms with van der Waals surface area (Å²) in [4.78, 5) is 8.11. The SMILES string of the molecule is Cc1ncc(NC(C)C(F)F)nc1C. The number of nitrogens with zero attached hydrogens (tertiary/aromatic N) is 2. The Labute approximate surface area is 81.6 Å². The quantitative estimate of drug-likeness (QED) is 0.814. The molecular formula is C9H13F2N3. The molecule has 0 radical (unpaired) electrons. The van der Waals surface area contributed by atoms with Crippen LogP contribution in [0.2, 0.25) is 0 Å². The van der Waals surface area contributed by atoms with Gasteiger partial charge >= 0.3 is 0 Å². The molecule has 0 saturated heterocycles. The second kappa shape index (κ2) is 4.30. The number of halogens is 2. The molecule has 0 amide bonds. The standard InChI is InChI=1S/C9H13F2N3/c1-5-6(2)13-8(4-12-5)14-7(3)9(10)11/h4,7,9H,1-3H3,(H,13,14). The molecule has 1 atom stereocenters. The Bertz CT molecular complexity index is 315. The van der Waals surface area contributed by atoms with Crippen LogP contribution in [0.3, 0.4) is 0 Å². The van der Waals surface area contributed by atoms with Crippen LogP contribution < -0.4 is 5.32 Å². The monoisotopic (exact) mass is 201 g/mol. The topological polar surface area (TPSA) is 37.8 Å². The maximum absolute atomic E-state index is 12.2. The van der Waals surface area contributed by atoms with Crippen molar-refractivity contribution < 1.29 is 8.78 Å². The zero-order chi connectivity index (χ0) is 10.7. The molecule has 1 rings (SSSR count). The van der Waals surface area contributed by atoms with Gasteiger partial charge in [0.25, 0.3) is 6.43 Å². The number of aryl methyl sites for hydroxylation is 2. The van der Waals surface area contributed by atoms with Crippen LogP contribution in [0.1, 0.15) is 18.3 Å². The third-order valence-electron chi connectivity index (χ3n) is 1.95. The highest BCUT2D eigenvalue weighted by molar-refractivity contribution is 5.34. The lowest BCUT2D eigenvalue weighted by Crippen LogP contribution is -2.24. The summed E-state index contributed by atoms with van der Waals surface area (Å²) in [5, 5.41) is 2.59. The van der Waals surface area contributed by atoms with Gasteiger partial charge in [0.05, 0.1) is 23.6 Å². The van der Waals surface area contributed by atoms with Crippen molar-refractivity contribution in [3.05, 3.63) is 17.6 Å². The van der Waals surface area contributed by atoms with Gasteiger partial charge in [-0.25, -0.2) is 13.8 Å². The molecular weight excluding hydrogens is 188 g/mol. The van der Waals surface area contributed by atoms with Gasteiger partial charge in [-0.15, -0.1) is 0 Å². The number of hydrogen-bond donors (Lipinski definition) is 1. The molecule has 0 spiro atoms. The number of hydrogen-bond acceptors (Lipinski definition) is 3. The summed E-state index contributed by atoms with van der Waals surface area (Å²) in [5.41, 5.74) is 1.55. The highest BCUT2D eigenvalue weighted by Gasteiger charge is 2.14. The van der Waals surface area contributed by atoms with Crippen molar-refractivity contribution in [2.75, 3.05) is 5.32 Å². The van der Waals surface area contributed by atoms with E-state index >= 15 is 0 Å². The van der Waals surface area contributed by atoms with Gasteiger partial charge in [0.1, 0.15) is 5.82 Å². The molecule has 0 fully saturated rings. The third-order valence-corrected chi connectivity index (χ3v) is 1.95. The summed E-state index contributed by atoms with van der Waals surface area (Å²) in [6, 6.07) is -0.911. The molecule has 0 bridgehead atoms. The minimum Gasteiger partial charge on any atom is -0.361 e. The average molecular weight is 201 g/mol. The first kappa shape index (κ1) is 10.8. The van der Waals surface area contributed by atoms with Crippen LogP contribution in [0.5, 0.6) is 0 Å². The van der Waals surface area contributed by atoms with Gasteiger partial charge in [-0.2, -0.15) is 0 Å². The van der Waals surface area contributed by atoms with E-state index in [-0.39, 0.29) is 0 Å². The van der Waals surface area contributed by atoms with E-state index in [9.17, 15) is 8.78 Å². The molecule has 1 N–H and O–H groups in total. The van der Waals surface area contributed by atoms with Gasteiger partial charge in [0.15, 0.2) is 0 Å². The van der Waals surface area contributed by atoms with Gasteiger partial charge in [-0.05, 0) is 20.8 Å². The van der Waals surface area contributed by atoms with Crippen LogP contribution in [0.4, 0.5) is 14.6 Å². The van der Waals surface area contributed by atoms with Crippen LogP contribution >= 0.6 is 0 Å². The number of aromatic nitrogens is 2. The first-order chi connectivity index (χ1) is 6.50. The Morgan fingerprint density at radius 2 is 1.93 bits per heavy atom. The highest BCUT2D eigenvalue weighted by Crippen LogP contribution is 2.10. The molecule has 1 unspecified atom stereocenters. The highest BCUT2D eigenvalue weighted by atomic mass is 19.3. The van der Waals surface area contributed by atoms with Crippen LogP contribution in [0.25, 0.3) is 0 Å². The Kier molecular flexibility index (Phi) is 3.33. The predicted molar refractivity (Wildman–Crippen MR) is 50.6 cm³/mol. The molecule has 0 saturated carbocycles. The van der Waals surface area contributed by atoms with Crippen molar-refractivity contribution in [1.29, 1.82) is 0 Å². The molecule has 1 aromatic heterocycles. The number of nitrogens with one attached hydrogen (secondary N) is 1. The molecule has 1 heterocycles. The summed E-state index contributed by atoms with van der Waals surface area (Å²) in [7, 11) is 0. The van der Waals surface area contributed by atoms with E-state index in [0.717, 1.165) is 11.4 Å². The molecule has 1 aromatic rings. The predicted octanol–water partition coefficient (Wildman–Crippen LogP) is 2.16. The number of anilines is 1. The van der Waals surface area contributed by atoms with Gasteiger partial charge in [0, 0.05) is 0 Å².